The predicted molar refractivity (Wildman–Crippen MR) is 66.5 cm³/mol. The van der Waals surface area contributed by atoms with Crippen LogP contribution >= 0.6 is 0 Å². The summed E-state index contributed by atoms with van der Waals surface area (Å²) < 4.78 is 39.2. The molecule has 110 valence electrons. The van der Waals surface area contributed by atoms with E-state index in [0.29, 0.717) is 31.7 Å². The van der Waals surface area contributed by atoms with Crippen molar-refractivity contribution in [2.45, 2.75) is 38.3 Å². The van der Waals surface area contributed by atoms with Gasteiger partial charge in [-0.15, -0.1) is 0 Å². The van der Waals surface area contributed by atoms with E-state index < -0.39 is 23.4 Å². The van der Waals surface area contributed by atoms with Crippen LogP contribution in [0.3, 0.4) is 0 Å². The van der Waals surface area contributed by atoms with Crippen LogP contribution in [-0.2, 0) is 11.3 Å². The summed E-state index contributed by atoms with van der Waals surface area (Å²) in [6.07, 6.45) is 2.52. The first-order chi connectivity index (χ1) is 9.47. The van der Waals surface area contributed by atoms with Crippen LogP contribution < -0.4 is 5.32 Å². The lowest BCUT2D eigenvalue weighted by molar-refractivity contribution is -0.142. The van der Waals surface area contributed by atoms with Crippen molar-refractivity contribution in [3.05, 3.63) is 35.1 Å². The standard InChI is InChI=1S/C14H16F3NO2/c15-11-6-13(17)12(16)5-9(11)7-18-10-3-1-8(2-4-10)14(19)20/h5-6,8,10,18H,1-4,7H2,(H,19,20). The molecule has 0 amide bonds. The second kappa shape index (κ2) is 6.26. The summed E-state index contributed by atoms with van der Waals surface area (Å²) in [6.45, 7) is 0.103. The van der Waals surface area contributed by atoms with Crippen molar-refractivity contribution in [2.24, 2.45) is 5.92 Å². The van der Waals surface area contributed by atoms with Gasteiger partial charge in [-0.2, -0.15) is 0 Å². The molecule has 1 fully saturated rings. The zero-order chi connectivity index (χ0) is 14.7. The second-order valence-corrected chi connectivity index (χ2v) is 5.13. The molecule has 6 heteroatoms. The van der Waals surface area contributed by atoms with E-state index in [-0.39, 0.29) is 24.1 Å². The Balaban J connectivity index is 1.87. The van der Waals surface area contributed by atoms with Crippen LogP contribution in [0.15, 0.2) is 12.1 Å². The van der Waals surface area contributed by atoms with E-state index >= 15 is 0 Å². The maximum absolute atomic E-state index is 13.4. The number of hydrogen-bond acceptors (Lipinski definition) is 2. The van der Waals surface area contributed by atoms with Crippen LogP contribution in [0.1, 0.15) is 31.2 Å². The van der Waals surface area contributed by atoms with Crippen LogP contribution in [0.2, 0.25) is 0 Å². The molecule has 20 heavy (non-hydrogen) atoms. The van der Waals surface area contributed by atoms with Gasteiger partial charge in [-0.25, -0.2) is 13.2 Å². The first kappa shape index (κ1) is 14.8. The smallest absolute Gasteiger partial charge is 0.306 e. The monoisotopic (exact) mass is 287 g/mol. The Morgan fingerprint density at radius 1 is 1.10 bits per heavy atom. The Hall–Kier alpha value is -1.56. The molecule has 1 aromatic rings. The molecule has 0 atom stereocenters. The van der Waals surface area contributed by atoms with E-state index in [1.165, 1.54) is 0 Å². The zero-order valence-electron chi connectivity index (χ0n) is 10.8. The lowest BCUT2D eigenvalue weighted by Crippen LogP contribution is -2.34. The van der Waals surface area contributed by atoms with Crippen LogP contribution in [0.4, 0.5) is 13.2 Å². The van der Waals surface area contributed by atoms with Crippen LogP contribution in [-0.4, -0.2) is 17.1 Å². The van der Waals surface area contributed by atoms with Gasteiger partial charge in [0, 0.05) is 24.2 Å². The molecule has 0 spiro atoms. The molecule has 0 aromatic heterocycles. The molecule has 2 N–H and O–H groups in total. The fraction of sp³-hybridized carbons (Fsp3) is 0.500. The lowest BCUT2D eigenvalue weighted by atomic mass is 9.86. The third-order valence-corrected chi connectivity index (χ3v) is 3.75. The van der Waals surface area contributed by atoms with Gasteiger partial charge in [0.15, 0.2) is 11.6 Å². The molecule has 0 aliphatic heterocycles. The van der Waals surface area contributed by atoms with Gasteiger partial charge >= 0.3 is 5.97 Å². The summed E-state index contributed by atoms with van der Waals surface area (Å²) in [4.78, 5) is 10.8. The highest BCUT2D eigenvalue weighted by Gasteiger charge is 2.25. The van der Waals surface area contributed by atoms with Crippen molar-refractivity contribution in [1.82, 2.24) is 5.32 Å². The fourth-order valence-electron chi connectivity index (χ4n) is 2.50. The molecule has 0 heterocycles. The molecular weight excluding hydrogens is 271 g/mol. The van der Waals surface area contributed by atoms with Crippen molar-refractivity contribution in [3.63, 3.8) is 0 Å². The highest BCUT2D eigenvalue weighted by molar-refractivity contribution is 5.70. The number of carbonyl (C=O) groups is 1. The minimum Gasteiger partial charge on any atom is -0.481 e. The number of nitrogens with one attached hydrogen (secondary N) is 1. The molecule has 2 rings (SSSR count). The highest BCUT2D eigenvalue weighted by Crippen LogP contribution is 2.25. The first-order valence-electron chi connectivity index (χ1n) is 6.57. The Labute approximate surface area is 114 Å². The van der Waals surface area contributed by atoms with Crippen molar-refractivity contribution in [3.8, 4) is 0 Å². The largest absolute Gasteiger partial charge is 0.481 e. The number of aliphatic carboxylic acids is 1. The van der Waals surface area contributed by atoms with Gasteiger partial charge in [-0.05, 0) is 31.7 Å². The molecule has 0 unspecified atom stereocenters. The molecular formula is C14H16F3NO2. The predicted octanol–water partition coefficient (Wildman–Crippen LogP) is 2.84. The minimum absolute atomic E-state index is 0.0734. The number of hydrogen-bond donors (Lipinski definition) is 2. The van der Waals surface area contributed by atoms with E-state index in [9.17, 15) is 18.0 Å². The third kappa shape index (κ3) is 3.50. The molecule has 0 radical (unpaired) electrons. The molecule has 1 aromatic carbocycles. The van der Waals surface area contributed by atoms with Crippen molar-refractivity contribution in [2.75, 3.05) is 0 Å². The third-order valence-electron chi connectivity index (χ3n) is 3.75. The number of benzene rings is 1. The summed E-state index contributed by atoms with van der Waals surface area (Å²) in [5.41, 5.74) is 0.0734. The quantitative estimate of drug-likeness (QED) is 0.837. The zero-order valence-corrected chi connectivity index (χ0v) is 10.8. The topological polar surface area (TPSA) is 49.3 Å². The summed E-state index contributed by atoms with van der Waals surface area (Å²) in [7, 11) is 0. The van der Waals surface area contributed by atoms with Gasteiger partial charge in [0.25, 0.3) is 0 Å². The average molecular weight is 287 g/mol. The summed E-state index contributed by atoms with van der Waals surface area (Å²) in [5, 5.41) is 11.9. The molecule has 0 saturated heterocycles. The maximum Gasteiger partial charge on any atom is 0.306 e. The van der Waals surface area contributed by atoms with Gasteiger partial charge in [-0.3, -0.25) is 4.79 Å². The number of rotatable bonds is 4. The van der Waals surface area contributed by atoms with Gasteiger partial charge < -0.3 is 10.4 Å². The Morgan fingerprint density at radius 2 is 1.70 bits per heavy atom. The Kier molecular flexibility index (Phi) is 4.65. The molecule has 0 bridgehead atoms. The highest BCUT2D eigenvalue weighted by atomic mass is 19.2. The number of halogens is 3. The molecule has 1 saturated carbocycles. The first-order valence-corrected chi connectivity index (χ1v) is 6.57. The van der Waals surface area contributed by atoms with Crippen molar-refractivity contribution < 1.29 is 23.1 Å². The normalized spacial score (nSPS) is 22.8. The van der Waals surface area contributed by atoms with Crippen molar-refractivity contribution >= 4 is 5.97 Å². The maximum atomic E-state index is 13.4. The Bertz CT molecular complexity index is 499. The average Bonchev–Trinajstić information content (AvgIpc) is 2.42. The summed E-state index contributed by atoms with van der Waals surface area (Å²) >= 11 is 0. The lowest BCUT2D eigenvalue weighted by Gasteiger charge is -2.27. The van der Waals surface area contributed by atoms with E-state index in [2.05, 4.69) is 5.32 Å². The molecule has 1 aliphatic rings. The summed E-state index contributed by atoms with van der Waals surface area (Å²) in [5.74, 6) is -4.15. The van der Waals surface area contributed by atoms with Crippen LogP contribution in [0.5, 0.6) is 0 Å². The van der Waals surface area contributed by atoms with Crippen molar-refractivity contribution in [1.29, 1.82) is 0 Å². The molecule has 1 aliphatic carbocycles. The molecule has 3 nitrogen and oxygen atoms in total. The Morgan fingerprint density at radius 3 is 2.30 bits per heavy atom. The second-order valence-electron chi connectivity index (χ2n) is 5.13. The van der Waals surface area contributed by atoms with Crippen LogP contribution in [0, 0.1) is 23.4 Å². The van der Waals surface area contributed by atoms with E-state index in [0.717, 1.165) is 6.07 Å². The van der Waals surface area contributed by atoms with E-state index in [1.807, 2.05) is 0 Å². The van der Waals surface area contributed by atoms with E-state index in [1.54, 1.807) is 0 Å². The van der Waals surface area contributed by atoms with Gasteiger partial charge in [-0.1, -0.05) is 0 Å². The van der Waals surface area contributed by atoms with Gasteiger partial charge in [0.05, 0.1) is 5.92 Å². The van der Waals surface area contributed by atoms with E-state index in [4.69, 9.17) is 5.11 Å². The fourth-order valence-corrected chi connectivity index (χ4v) is 2.50. The minimum atomic E-state index is -1.20. The summed E-state index contributed by atoms with van der Waals surface area (Å²) in [6, 6.07) is 1.46. The number of carboxylic acid groups (broad SMARTS) is 1. The number of carboxylic acids is 1. The van der Waals surface area contributed by atoms with Gasteiger partial charge in [0.2, 0.25) is 0 Å². The van der Waals surface area contributed by atoms with Gasteiger partial charge in [0.1, 0.15) is 5.82 Å². The SMILES string of the molecule is O=C(O)C1CCC(NCc2cc(F)c(F)cc2F)CC1. The van der Waals surface area contributed by atoms with Crippen LogP contribution in [0.25, 0.3) is 0 Å².